The Balaban J connectivity index is 1.86. The number of hydrogen-bond acceptors (Lipinski definition) is 3. The van der Waals surface area contributed by atoms with Gasteiger partial charge in [-0.3, -0.25) is 0 Å². The SMILES string of the molecule is COc1ccccc1OCCNc1cc(C)ccc1F. The predicted molar refractivity (Wildman–Crippen MR) is 78.1 cm³/mol. The number of ether oxygens (including phenoxy) is 2. The topological polar surface area (TPSA) is 30.5 Å². The Bertz CT molecular complexity index is 572. The minimum absolute atomic E-state index is 0.257. The van der Waals surface area contributed by atoms with Crippen LogP contribution >= 0.6 is 0 Å². The monoisotopic (exact) mass is 275 g/mol. The molecule has 0 unspecified atom stereocenters. The van der Waals surface area contributed by atoms with E-state index in [1.807, 2.05) is 31.2 Å². The molecule has 2 aromatic carbocycles. The Kier molecular flexibility index (Phi) is 4.82. The Morgan fingerprint density at radius 1 is 1.10 bits per heavy atom. The summed E-state index contributed by atoms with van der Waals surface area (Å²) in [6, 6.07) is 12.4. The second-order valence-corrected chi connectivity index (χ2v) is 4.41. The minimum atomic E-state index is -0.257. The van der Waals surface area contributed by atoms with Crippen LogP contribution in [0.15, 0.2) is 42.5 Å². The maximum atomic E-state index is 13.5. The van der Waals surface area contributed by atoms with Crippen molar-refractivity contribution < 1.29 is 13.9 Å². The number of para-hydroxylation sites is 2. The number of aryl methyl sites for hydroxylation is 1. The molecule has 0 saturated carbocycles. The van der Waals surface area contributed by atoms with Crippen molar-refractivity contribution in [3.63, 3.8) is 0 Å². The third kappa shape index (κ3) is 3.63. The van der Waals surface area contributed by atoms with E-state index in [0.29, 0.717) is 30.3 Å². The summed E-state index contributed by atoms with van der Waals surface area (Å²) >= 11 is 0. The zero-order chi connectivity index (χ0) is 14.4. The molecule has 4 heteroatoms. The number of rotatable bonds is 6. The lowest BCUT2D eigenvalue weighted by Gasteiger charge is -2.12. The van der Waals surface area contributed by atoms with E-state index in [-0.39, 0.29) is 5.82 Å². The number of benzene rings is 2. The molecule has 0 heterocycles. The molecule has 0 aromatic heterocycles. The average molecular weight is 275 g/mol. The predicted octanol–water partition coefficient (Wildman–Crippen LogP) is 3.63. The van der Waals surface area contributed by atoms with Crippen molar-refractivity contribution in [2.24, 2.45) is 0 Å². The lowest BCUT2D eigenvalue weighted by atomic mass is 10.2. The molecule has 0 aliphatic rings. The molecule has 3 nitrogen and oxygen atoms in total. The standard InChI is InChI=1S/C16H18FNO2/c1-12-7-8-13(17)14(11-12)18-9-10-20-16-6-4-3-5-15(16)19-2/h3-8,11,18H,9-10H2,1-2H3. The molecule has 2 rings (SSSR count). The highest BCUT2D eigenvalue weighted by Gasteiger charge is 2.03. The van der Waals surface area contributed by atoms with Crippen molar-refractivity contribution in [1.29, 1.82) is 0 Å². The zero-order valence-corrected chi connectivity index (χ0v) is 11.7. The number of hydrogen-bond donors (Lipinski definition) is 1. The van der Waals surface area contributed by atoms with Crippen LogP contribution < -0.4 is 14.8 Å². The molecule has 0 aliphatic heterocycles. The van der Waals surface area contributed by atoms with E-state index in [9.17, 15) is 4.39 Å². The first-order chi connectivity index (χ1) is 9.70. The highest BCUT2D eigenvalue weighted by atomic mass is 19.1. The van der Waals surface area contributed by atoms with Crippen LogP contribution in [0.5, 0.6) is 11.5 Å². The minimum Gasteiger partial charge on any atom is -0.493 e. The fraction of sp³-hybridized carbons (Fsp3) is 0.250. The van der Waals surface area contributed by atoms with E-state index in [1.165, 1.54) is 6.07 Å². The van der Waals surface area contributed by atoms with Gasteiger partial charge in [-0.05, 0) is 36.8 Å². The Labute approximate surface area is 118 Å². The van der Waals surface area contributed by atoms with Crippen LogP contribution in [0.25, 0.3) is 0 Å². The van der Waals surface area contributed by atoms with Crippen molar-refractivity contribution in [2.75, 3.05) is 25.6 Å². The summed E-state index contributed by atoms with van der Waals surface area (Å²) in [5.74, 6) is 1.11. The van der Waals surface area contributed by atoms with Crippen LogP contribution in [-0.2, 0) is 0 Å². The van der Waals surface area contributed by atoms with Gasteiger partial charge < -0.3 is 14.8 Å². The van der Waals surface area contributed by atoms with Crippen molar-refractivity contribution in [3.8, 4) is 11.5 Å². The van der Waals surface area contributed by atoms with E-state index >= 15 is 0 Å². The van der Waals surface area contributed by atoms with E-state index in [4.69, 9.17) is 9.47 Å². The van der Waals surface area contributed by atoms with Crippen LogP contribution in [0.2, 0.25) is 0 Å². The summed E-state index contributed by atoms with van der Waals surface area (Å²) in [6.07, 6.45) is 0. The number of methoxy groups -OCH3 is 1. The Hall–Kier alpha value is -2.23. The normalized spacial score (nSPS) is 10.2. The van der Waals surface area contributed by atoms with E-state index in [1.54, 1.807) is 19.2 Å². The van der Waals surface area contributed by atoms with Crippen LogP contribution in [0.3, 0.4) is 0 Å². The first-order valence-corrected chi connectivity index (χ1v) is 6.46. The number of anilines is 1. The molecule has 0 fully saturated rings. The lowest BCUT2D eigenvalue weighted by molar-refractivity contribution is 0.305. The number of nitrogens with one attached hydrogen (secondary N) is 1. The lowest BCUT2D eigenvalue weighted by Crippen LogP contribution is -2.12. The maximum absolute atomic E-state index is 13.5. The van der Waals surface area contributed by atoms with Gasteiger partial charge in [-0.1, -0.05) is 18.2 Å². The van der Waals surface area contributed by atoms with Crippen LogP contribution in [0.1, 0.15) is 5.56 Å². The molecular formula is C16H18FNO2. The molecule has 0 aliphatic carbocycles. The maximum Gasteiger partial charge on any atom is 0.161 e. The van der Waals surface area contributed by atoms with Gasteiger partial charge >= 0.3 is 0 Å². The average Bonchev–Trinajstić information content (AvgIpc) is 2.47. The van der Waals surface area contributed by atoms with Crippen molar-refractivity contribution in [3.05, 3.63) is 53.8 Å². The molecule has 20 heavy (non-hydrogen) atoms. The van der Waals surface area contributed by atoms with Gasteiger partial charge in [-0.2, -0.15) is 0 Å². The van der Waals surface area contributed by atoms with Gasteiger partial charge in [0.2, 0.25) is 0 Å². The van der Waals surface area contributed by atoms with Gasteiger partial charge in [-0.15, -0.1) is 0 Å². The highest BCUT2D eigenvalue weighted by Crippen LogP contribution is 2.25. The van der Waals surface area contributed by atoms with Gasteiger partial charge in [0.15, 0.2) is 11.5 Å². The van der Waals surface area contributed by atoms with Crippen molar-refractivity contribution in [2.45, 2.75) is 6.92 Å². The molecule has 2 aromatic rings. The van der Waals surface area contributed by atoms with Gasteiger partial charge in [0.05, 0.1) is 12.8 Å². The van der Waals surface area contributed by atoms with E-state index in [0.717, 1.165) is 5.56 Å². The van der Waals surface area contributed by atoms with Gasteiger partial charge in [-0.25, -0.2) is 4.39 Å². The molecule has 0 radical (unpaired) electrons. The van der Waals surface area contributed by atoms with Crippen LogP contribution in [0, 0.1) is 12.7 Å². The second kappa shape index (κ2) is 6.80. The Morgan fingerprint density at radius 3 is 2.60 bits per heavy atom. The van der Waals surface area contributed by atoms with Crippen molar-refractivity contribution in [1.82, 2.24) is 0 Å². The molecular weight excluding hydrogens is 257 g/mol. The summed E-state index contributed by atoms with van der Waals surface area (Å²) in [5.41, 5.74) is 1.51. The van der Waals surface area contributed by atoms with Gasteiger partial charge in [0.25, 0.3) is 0 Å². The third-order valence-corrected chi connectivity index (χ3v) is 2.87. The zero-order valence-electron chi connectivity index (χ0n) is 11.7. The van der Waals surface area contributed by atoms with E-state index in [2.05, 4.69) is 5.32 Å². The quantitative estimate of drug-likeness (QED) is 0.817. The molecule has 106 valence electrons. The Morgan fingerprint density at radius 2 is 1.85 bits per heavy atom. The highest BCUT2D eigenvalue weighted by molar-refractivity contribution is 5.47. The fourth-order valence-electron chi connectivity index (χ4n) is 1.86. The first kappa shape index (κ1) is 14.2. The molecule has 0 saturated heterocycles. The van der Waals surface area contributed by atoms with E-state index < -0.39 is 0 Å². The summed E-state index contributed by atoms with van der Waals surface area (Å²) in [4.78, 5) is 0. The summed E-state index contributed by atoms with van der Waals surface area (Å²) in [6.45, 7) is 2.86. The van der Waals surface area contributed by atoms with Crippen molar-refractivity contribution >= 4 is 5.69 Å². The molecule has 0 bridgehead atoms. The summed E-state index contributed by atoms with van der Waals surface area (Å²) in [5, 5.41) is 3.02. The largest absolute Gasteiger partial charge is 0.493 e. The summed E-state index contributed by atoms with van der Waals surface area (Å²) in [7, 11) is 1.60. The second-order valence-electron chi connectivity index (χ2n) is 4.41. The molecule has 0 amide bonds. The fourth-order valence-corrected chi connectivity index (χ4v) is 1.86. The van der Waals surface area contributed by atoms with Crippen LogP contribution in [0.4, 0.5) is 10.1 Å². The first-order valence-electron chi connectivity index (χ1n) is 6.46. The van der Waals surface area contributed by atoms with Crippen LogP contribution in [-0.4, -0.2) is 20.3 Å². The third-order valence-electron chi connectivity index (χ3n) is 2.87. The molecule has 0 atom stereocenters. The number of halogens is 1. The van der Waals surface area contributed by atoms with Gasteiger partial charge in [0, 0.05) is 6.54 Å². The molecule has 0 spiro atoms. The molecule has 1 N–H and O–H groups in total. The smallest absolute Gasteiger partial charge is 0.161 e. The van der Waals surface area contributed by atoms with Gasteiger partial charge in [0.1, 0.15) is 12.4 Å². The summed E-state index contributed by atoms with van der Waals surface area (Å²) < 4.78 is 24.3.